The minimum absolute atomic E-state index is 0.0511. The highest BCUT2D eigenvalue weighted by Crippen LogP contribution is 2.23. The summed E-state index contributed by atoms with van der Waals surface area (Å²) in [5.41, 5.74) is 1.12. The van der Waals surface area contributed by atoms with Gasteiger partial charge in [0, 0.05) is 36.7 Å². The second-order valence-electron chi connectivity index (χ2n) is 5.17. The van der Waals surface area contributed by atoms with Gasteiger partial charge in [0.25, 0.3) is 11.6 Å². The van der Waals surface area contributed by atoms with Crippen molar-refractivity contribution < 1.29 is 9.72 Å². The minimum atomic E-state index is -0.478. The summed E-state index contributed by atoms with van der Waals surface area (Å²) in [5, 5.41) is 10.8. The van der Waals surface area contributed by atoms with Crippen LogP contribution in [0, 0.1) is 23.0 Å². The summed E-state index contributed by atoms with van der Waals surface area (Å²) >= 11 is 5.87. The second kappa shape index (κ2) is 6.22. The number of alkyl halides is 1. The SMILES string of the molecule is Cc1ccc([N+](=O)[O-])cc1C(=O)N1CCCC(CCl)C1. The summed E-state index contributed by atoms with van der Waals surface area (Å²) in [4.78, 5) is 24.6. The fourth-order valence-electron chi connectivity index (χ4n) is 2.50. The molecule has 0 N–H and O–H groups in total. The highest BCUT2D eigenvalue weighted by Gasteiger charge is 2.25. The van der Waals surface area contributed by atoms with Gasteiger partial charge in [0.15, 0.2) is 0 Å². The van der Waals surface area contributed by atoms with Crippen LogP contribution in [0.1, 0.15) is 28.8 Å². The van der Waals surface area contributed by atoms with E-state index < -0.39 is 4.92 Å². The van der Waals surface area contributed by atoms with Crippen LogP contribution in [0.3, 0.4) is 0 Å². The Morgan fingerprint density at radius 1 is 1.55 bits per heavy atom. The first-order valence-electron chi connectivity index (χ1n) is 6.63. The predicted octanol–water partition coefficient (Wildman–Crippen LogP) is 2.99. The van der Waals surface area contributed by atoms with Crippen molar-refractivity contribution in [3.63, 3.8) is 0 Å². The van der Waals surface area contributed by atoms with Crippen LogP contribution >= 0.6 is 11.6 Å². The molecule has 0 aliphatic carbocycles. The summed E-state index contributed by atoms with van der Waals surface area (Å²) in [7, 11) is 0. The number of nitro benzene ring substituents is 1. The first kappa shape index (κ1) is 14.8. The lowest BCUT2D eigenvalue weighted by molar-refractivity contribution is -0.384. The van der Waals surface area contributed by atoms with E-state index in [1.165, 1.54) is 12.1 Å². The van der Waals surface area contributed by atoms with E-state index in [4.69, 9.17) is 11.6 Å². The van der Waals surface area contributed by atoms with Crippen LogP contribution in [0.2, 0.25) is 0 Å². The molecule has 0 aromatic heterocycles. The third-order valence-electron chi connectivity index (χ3n) is 3.69. The first-order chi connectivity index (χ1) is 9.52. The number of amides is 1. The molecule has 1 heterocycles. The van der Waals surface area contributed by atoms with Crippen molar-refractivity contribution >= 4 is 23.2 Å². The first-order valence-corrected chi connectivity index (χ1v) is 7.16. The van der Waals surface area contributed by atoms with Gasteiger partial charge in [0.2, 0.25) is 0 Å². The van der Waals surface area contributed by atoms with E-state index in [-0.39, 0.29) is 11.6 Å². The molecule has 0 saturated carbocycles. The van der Waals surface area contributed by atoms with Crippen molar-refractivity contribution in [1.29, 1.82) is 0 Å². The van der Waals surface area contributed by atoms with E-state index in [0.29, 0.717) is 30.5 Å². The molecule has 1 aromatic carbocycles. The van der Waals surface area contributed by atoms with Gasteiger partial charge < -0.3 is 4.90 Å². The van der Waals surface area contributed by atoms with E-state index in [2.05, 4.69) is 0 Å². The Bertz CT molecular complexity index is 533. The highest BCUT2D eigenvalue weighted by atomic mass is 35.5. The highest BCUT2D eigenvalue weighted by molar-refractivity contribution is 6.18. The number of carbonyl (C=O) groups is 1. The monoisotopic (exact) mass is 296 g/mol. The Hall–Kier alpha value is -1.62. The number of piperidine rings is 1. The minimum Gasteiger partial charge on any atom is -0.338 e. The molecule has 1 saturated heterocycles. The van der Waals surface area contributed by atoms with Crippen molar-refractivity contribution in [3.8, 4) is 0 Å². The standard InChI is InChI=1S/C14H17ClN2O3/c1-10-4-5-12(17(19)20)7-13(10)14(18)16-6-2-3-11(8-15)9-16/h4-5,7,11H,2-3,6,8-9H2,1H3. The summed E-state index contributed by atoms with van der Waals surface area (Å²) < 4.78 is 0. The number of carbonyl (C=O) groups excluding carboxylic acids is 1. The number of nitrogens with zero attached hydrogens (tertiary/aromatic N) is 2. The van der Waals surface area contributed by atoms with Crippen LogP contribution in [0.4, 0.5) is 5.69 Å². The normalized spacial score (nSPS) is 18.9. The number of rotatable bonds is 3. The molecule has 1 amide bonds. The maximum absolute atomic E-state index is 12.5. The lowest BCUT2D eigenvalue weighted by Crippen LogP contribution is -2.40. The molecule has 1 unspecified atom stereocenters. The molecule has 1 aromatic rings. The molecule has 20 heavy (non-hydrogen) atoms. The zero-order valence-corrected chi connectivity index (χ0v) is 12.1. The van der Waals surface area contributed by atoms with Crippen molar-refractivity contribution in [3.05, 3.63) is 39.4 Å². The Morgan fingerprint density at radius 3 is 2.95 bits per heavy atom. The largest absolute Gasteiger partial charge is 0.338 e. The number of nitro groups is 1. The smallest absolute Gasteiger partial charge is 0.270 e. The number of non-ortho nitro benzene ring substituents is 1. The number of hydrogen-bond donors (Lipinski definition) is 0. The molecule has 5 nitrogen and oxygen atoms in total. The fourth-order valence-corrected chi connectivity index (χ4v) is 2.75. The van der Waals surface area contributed by atoms with Crippen LogP contribution in [-0.4, -0.2) is 34.7 Å². The molecule has 0 radical (unpaired) electrons. The molecule has 0 spiro atoms. The maximum Gasteiger partial charge on any atom is 0.270 e. The van der Waals surface area contributed by atoms with Gasteiger partial charge in [-0.05, 0) is 31.2 Å². The molecule has 1 aliphatic heterocycles. The molecular weight excluding hydrogens is 280 g/mol. The molecule has 1 atom stereocenters. The summed E-state index contributed by atoms with van der Waals surface area (Å²) in [6.45, 7) is 3.11. The van der Waals surface area contributed by atoms with Gasteiger partial charge in [-0.1, -0.05) is 6.07 Å². The van der Waals surface area contributed by atoms with Gasteiger partial charge in [-0.2, -0.15) is 0 Å². The third kappa shape index (κ3) is 3.10. The molecule has 6 heteroatoms. The zero-order valence-electron chi connectivity index (χ0n) is 11.3. The molecule has 0 bridgehead atoms. The average Bonchev–Trinajstić information content (AvgIpc) is 2.46. The Balaban J connectivity index is 2.24. The number of aryl methyl sites for hydroxylation is 1. The molecule has 2 rings (SSSR count). The topological polar surface area (TPSA) is 63.5 Å². The van der Waals surface area contributed by atoms with E-state index in [9.17, 15) is 14.9 Å². The zero-order chi connectivity index (χ0) is 14.7. The quantitative estimate of drug-likeness (QED) is 0.489. The van der Waals surface area contributed by atoms with Crippen molar-refractivity contribution in [1.82, 2.24) is 4.90 Å². The van der Waals surface area contributed by atoms with Gasteiger partial charge in [-0.3, -0.25) is 14.9 Å². The van der Waals surface area contributed by atoms with Crippen molar-refractivity contribution in [2.75, 3.05) is 19.0 Å². The average molecular weight is 297 g/mol. The van der Waals surface area contributed by atoms with Gasteiger partial charge in [0.05, 0.1) is 4.92 Å². The Kier molecular flexibility index (Phi) is 4.60. The maximum atomic E-state index is 12.5. The fraction of sp³-hybridized carbons (Fsp3) is 0.500. The predicted molar refractivity (Wildman–Crippen MR) is 77.2 cm³/mol. The molecular formula is C14H17ClN2O3. The Labute approximate surface area is 122 Å². The number of halogens is 1. The second-order valence-corrected chi connectivity index (χ2v) is 5.48. The number of likely N-dealkylation sites (tertiary alicyclic amines) is 1. The van der Waals surface area contributed by atoms with Crippen LogP contribution in [0.15, 0.2) is 18.2 Å². The van der Waals surface area contributed by atoms with E-state index in [0.717, 1.165) is 18.4 Å². The lowest BCUT2D eigenvalue weighted by atomic mass is 9.98. The summed E-state index contributed by atoms with van der Waals surface area (Å²) in [5.74, 6) is 0.715. The van der Waals surface area contributed by atoms with Crippen LogP contribution in [0.25, 0.3) is 0 Å². The van der Waals surface area contributed by atoms with Gasteiger partial charge in [-0.25, -0.2) is 0 Å². The van der Waals surface area contributed by atoms with E-state index >= 15 is 0 Å². The van der Waals surface area contributed by atoms with Crippen molar-refractivity contribution in [2.45, 2.75) is 19.8 Å². The van der Waals surface area contributed by atoms with Crippen LogP contribution in [0.5, 0.6) is 0 Å². The summed E-state index contributed by atoms with van der Waals surface area (Å²) in [6.07, 6.45) is 1.96. The molecule has 1 aliphatic rings. The van der Waals surface area contributed by atoms with Crippen molar-refractivity contribution in [2.24, 2.45) is 5.92 Å². The van der Waals surface area contributed by atoms with Gasteiger partial charge >= 0.3 is 0 Å². The lowest BCUT2D eigenvalue weighted by Gasteiger charge is -2.32. The van der Waals surface area contributed by atoms with E-state index in [1.807, 2.05) is 0 Å². The van der Waals surface area contributed by atoms with Crippen LogP contribution < -0.4 is 0 Å². The van der Waals surface area contributed by atoms with Crippen LogP contribution in [-0.2, 0) is 0 Å². The molecule has 1 fully saturated rings. The Morgan fingerprint density at radius 2 is 2.30 bits per heavy atom. The van der Waals surface area contributed by atoms with E-state index in [1.54, 1.807) is 17.9 Å². The molecule has 108 valence electrons. The van der Waals surface area contributed by atoms with Gasteiger partial charge in [0.1, 0.15) is 0 Å². The third-order valence-corrected chi connectivity index (χ3v) is 4.12. The number of hydrogen-bond acceptors (Lipinski definition) is 3. The number of benzene rings is 1. The summed E-state index contributed by atoms with van der Waals surface area (Å²) in [6, 6.07) is 4.40. The van der Waals surface area contributed by atoms with Gasteiger partial charge in [-0.15, -0.1) is 11.6 Å².